The maximum absolute atomic E-state index is 13.4. The van der Waals surface area contributed by atoms with E-state index in [1.807, 2.05) is 43.1 Å². The highest BCUT2D eigenvalue weighted by molar-refractivity contribution is 7.90. The quantitative estimate of drug-likeness (QED) is 0.423. The molecule has 33 heavy (non-hydrogen) atoms. The second-order valence-corrected chi connectivity index (χ2v) is 9.13. The molecule has 0 amide bonds. The zero-order valence-corrected chi connectivity index (χ0v) is 19.3. The summed E-state index contributed by atoms with van der Waals surface area (Å²) < 4.78 is 43.2. The largest absolute Gasteiger partial charge is 0.374 e. The van der Waals surface area contributed by atoms with Crippen LogP contribution < -0.4 is 4.90 Å². The van der Waals surface area contributed by atoms with Gasteiger partial charge in [0.25, 0.3) is 10.0 Å². The maximum Gasteiger partial charge on any atom is 0.282 e. The molecule has 0 spiro atoms. The smallest absolute Gasteiger partial charge is 0.282 e. The SMILES string of the molecule is Cc1ccc(S(=O)(=O)N=C(/C=C/c2ccc(N(C)CCC#N)cc2)c2ccc(F)cc2)cc1. The first kappa shape index (κ1) is 23.9. The number of hydrogen-bond donors (Lipinski definition) is 0. The van der Waals surface area contributed by atoms with Crippen LogP contribution in [0.25, 0.3) is 6.08 Å². The highest BCUT2D eigenvalue weighted by atomic mass is 32.2. The van der Waals surface area contributed by atoms with Crippen LogP contribution in [0.3, 0.4) is 0 Å². The van der Waals surface area contributed by atoms with Gasteiger partial charge in [0.1, 0.15) is 5.82 Å². The number of allylic oxidation sites excluding steroid dienone is 1. The van der Waals surface area contributed by atoms with E-state index in [2.05, 4.69) is 10.5 Å². The Morgan fingerprint density at radius 3 is 2.27 bits per heavy atom. The lowest BCUT2D eigenvalue weighted by atomic mass is 10.1. The van der Waals surface area contributed by atoms with Crippen LogP contribution in [0.2, 0.25) is 0 Å². The van der Waals surface area contributed by atoms with E-state index in [4.69, 9.17) is 5.26 Å². The fourth-order valence-electron chi connectivity index (χ4n) is 3.05. The van der Waals surface area contributed by atoms with Gasteiger partial charge in [-0.1, -0.05) is 35.9 Å². The van der Waals surface area contributed by atoms with Crippen molar-refractivity contribution in [2.75, 3.05) is 18.5 Å². The first-order valence-electron chi connectivity index (χ1n) is 10.3. The monoisotopic (exact) mass is 461 g/mol. The topological polar surface area (TPSA) is 73.5 Å². The number of aryl methyl sites for hydroxylation is 1. The van der Waals surface area contributed by atoms with Crippen molar-refractivity contribution in [1.29, 1.82) is 5.26 Å². The van der Waals surface area contributed by atoms with E-state index in [1.165, 1.54) is 36.4 Å². The first-order valence-corrected chi connectivity index (χ1v) is 11.8. The fourth-order valence-corrected chi connectivity index (χ4v) is 4.06. The second-order valence-electron chi connectivity index (χ2n) is 7.53. The molecule has 0 fully saturated rings. The van der Waals surface area contributed by atoms with Crippen molar-refractivity contribution < 1.29 is 12.8 Å². The molecule has 0 saturated carbocycles. The minimum Gasteiger partial charge on any atom is -0.374 e. The lowest BCUT2D eigenvalue weighted by molar-refractivity contribution is 0.598. The average molecular weight is 462 g/mol. The van der Waals surface area contributed by atoms with Crippen LogP contribution in [0.15, 0.2) is 88.2 Å². The highest BCUT2D eigenvalue weighted by Gasteiger charge is 2.14. The van der Waals surface area contributed by atoms with Gasteiger partial charge < -0.3 is 4.90 Å². The zero-order valence-electron chi connectivity index (χ0n) is 18.4. The van der Waals surface area contributed by atoms with Crippen LogP contribution in [0.4, 0.5) is 10.1 Å². The van der Waals surface area contributed by atoms with Gasteiger partial charge in [-0.3, -0.25) is 0 Å². The molecule has 0 aromatic heterocycles. The number of benzene rings is 3. The van der Waals surface area contributed by atoms with Crippen LogP contribution in [-0.4, -0.2) is 27.7 Å². The molecule has 0 heterocycles. The van der Waals surface area contributed by atoms with Gasteiger partial charge in [-0.2, -0.15) is 18.1 Å². The summed E-state index contributed by atoms with van der Waals surface area (Å²) in [7, 11) is -2.04. The van der Waals surface area contributed by atoms with Gasteiger partial charge in [0.15, 0.2) is 0 Å². The van der Waals surface area contributed by atoms with Crippen LogP contribution in [0.1, 0.15) is 23.1 Å². The first-order chi connectivity index (χ1) is 15.8. The Morgan fingerprint density at radius 1 is 1.03 bits per heavy atom. The van der Waals surface area contributed by atoms with Crippen LogP contribution in [0.5, 0.6) is 0 Å². The van der Waals surface area contributed by atoms with E-state index in [0.717, 1.165) is 16.8 Å². The van der Waals surface area contributed by atoms with Crippen LogP contribution >= 0.6 is 0 Å². The molecule has 0 saturated heterocycles. The molecule has 3 aromatic rings. The third-order valence-electron chi connectivity index (χ3n) is 5.00. The summed E-state index contributed by atoms with van der Waals surface area (Å²) in [4.78, 5) is 2.07. The number of anilines is 1. The number of halogens is 1. The number of hydrogen-bond acceptors (Lipinski definition) is 4. The summed E-state index contributed by atoms with van der Waals surface area (Å²) in [5, 5.41) is 8.74. The van der Waals surface area contributed by atoms with Gasteiger partial charge in [0.05, 0.1) is 23.1 Å². The average Bonchev–Trinajstić information content (AvgIpc) is 2.81. The van der Waals surface area contributed by atoms with Gasteiger partial charge in [0, 0.05) is 24.8 Å². The van der Waals surface area contributed by atoms with E-state index < -0.39 is 15.8 Å². The van der Waals surface area contributed by atoms with E-state index in [1.54, 1.807) is 24.3 Å². The molecular formula is C26H24FN3O2S. The molecule has 0 unspecified atom stereocenters. The Balaban J connectivity index is 1.93. The van der Waals surface area contributed by atoms with Gasteiger partial charge >= 0.3 is 0 Å². The van der Waals surface area contributed by atoms with Crippen LogP contribution in [-0.2, 0) is 10.0 Å². The molecular weight excluding hydrogens is 437 g/mol. The van der Waals surface area contributed by atoms with Crippen molar-refractivity contribution in [2.24, 2.45) is 4.40 Å². The molecule has 168 valence electrons. The summed E-state index contributed by atoms with van der Waals surface area (Å²) in [6.07, 6.45) is 3.80. The molecule has 0 N–H and O–H groups in total. The third kappa shape index (κ3) is 6.61. The molecule has 0 bridgehead atoms. The van der Waals surface area contributed by atoms with Crippen molar-refractivity contribution in [3.63, 3.8) is 0 Å². The Hall–Kier alpha value is -3.76. The molecule has 3 rings (SSSR count). The highest BCUT2D eigenvalue weighted by Crippen LogP contribution is 2.18. The number of rotatable bonds is 8. The molecule has 3 aromatic carbocycles. The lowest BCUT2D eigenvalue weighted by Gasteiger charge is -2.17. The minimum atomic E-state index is -3.96. The Kier molecular flexibility index (Phi) is 7.75. The Bertz CT molecular complexity index is 1290. The molecule has 5 nitrogen and oxygen atoms in total. The van der Waals surface area contributed by atoms with Gasteiger partial charge in [-0.15, -0.1) is 0 Å². The maximum atomic E-state index is 13.4. The summed E-state index contributed by atoms with van der Waals surface area (Å²) in [5.41, 5.74) is 3.44. The van der Waals surface area contributed by atoms with Crippen molar-refractivity contribution in [2.45, 2.75) is 18.2 Å². The Morgan fingerprint density at radius 2 is 1.67 bits per heavy atom. The fraction of sp³-hybridized carbons (Fsp3) is 0.154. The third-order valence-corrected chi connectivity index (χ3v) is 6.31. The van der Waals surface area contributed by atoms with Crippen molar-refractivity contribution in [3.05, 3.63) is 101 Å². The van der Waals surface area contributed by atoms with E-state index in [9.17, 15) is 12.8 Å². The van der Waals surface area contributed by atoms with E-state index >= 15 is 0 Å². The van der Waals surface area contributed by atoms with Gasteiger partial charge in [0.2, 0.25) is 0 Å². The van der Waals surface area contributed by atoms with E-state index in [0.29, 0.717) is 18.5 Å². The van der Waals surface area contributed by atoms with Crippen molar-refractivity contribution >= 4 is 27.5 Å². The summed E-state index contributed by atoms with van der Waals surface area (Å²) in [6.45, 7) is 2.50. The Labute approximate surface area is 194 Å². The normalized spacial score (nSPS) is 12.0. The van der Waals surface area contributed by atoms with Crippen LogP contribution in [0, 0.1) is 24.1 Å². The number of sulfonamides is 1. The molecule has 0 aliphatic rings. The second kappa shape index (κ2) is 10.7. The zero-order chi connectivity index (χ0) is 23.8. The lowest BCUT2D eigenvalue weighted by Crippen LogP contribution is -2.17. The predicted octanol–water partition coefficient (Wildman–Crippen LogP) is 5.38. The summed E-state index contributed by atoms with van der Waals surface area (Å²) in [5.74, 6) is -0.417. The standard InChI is InChI=1S/C26H24FN3O2S/c1-20-4-15-25(16-5-20)33(31,32)29-26(22-9-11-23(27)12-10-22)17-8-21-6-13-24(14-7-21)30(2)19-3-18-28/h4-17H,3,19H2,1-2H3/b17-8+,29-26?. The molecule has 0 radical (unpaired) electrons. The minimum absolute atomic E-state index is 0.0888. The summed E-state index contributed by atoms with van der Waals surface area (Å²) >= 11 is 0. The predicted molar refractivity (Wildman–Crippen MR) is 130 cm³/mol. The van der Waals surface area contributed by atoms with E-state index in [-0.39, 0.29) is 10.6 Å². The van der Waals surface area contributed by atoms with Gasteiger partial charge in [-0.05, 0) is 67.1 Å². The number of nitriles is 1. The number of nitrogens with zero attached hydrogens (tertiary/aromatic N) is 3. The molecule has 0 aliphatic heterocycles. The molecule has 0 atom stereocenters. The molecule has 0 aliphatic carbocycles. The van der Waals surface area contributed by atoms with Crippen molar-refractivity contribution in [1.82, 2.24) is 0 Å². The van der Waals surface area contributed by atoms with Crippen molar-refractivity contribution in [3.8, 4) is 6.07 Å². The molecule has 7 heteroatoms. The summed E-state index contributed by atoms with van der Waals surface area (Å²) in [6, 6.07) is 21.7. The van der Waals surface area contributed by atoms with Gasteiger partial charge in [-0.25, -0.2) is 4.39 Å².